The van der Waals surface area contributed by atoms with Crippen LogP contribution in [0.3, 0.4) is 0 Å². The first-order chi connectivity index (χ1) is 10.9. The summed E-state index contributed by atoms with van der Waals surface area (Å²) in [6.45, 7) is 8.03. The van der Waals surface area contributed by atoms with Crippen molar-refractivity contribution in [2.45, 2.75) is 20.8 Å². The van der Waals surface area contributed by atoms with Gasteiger partial charge in [-0.2, -0.15) is 0 Å². The minimum absolute atomic E-state index is 0.126. The zero-order chi connectivity index (χ0) is 17.3. The van der Waals surface area contributed by atoms with Crippen LogP contribution in [0.25, 0.3) is 0 Å². The third-order valence-corrected chi connectivity index (χ3v) is 3.17. The minimum atomic E-state index is -0.519. The van der Waals surface area contributed by atoms with Crippen LogP contribution in [0.4, 0.5) is 5.69 Å². The Hall–Kier alpha value is -1.92. The van der Waals surface area contributed by atoms with Gasteiger partial charge < -0.3 is 20.7 Å². The second kappa shape index (κ2) is 9.27. The van der Waals surface area contributed by atoms with E-state index in [2.05, 4.69) is 16.0 Å². The van der Waals surface area contributed by atoms with Crippen molar-refractivity contribution >= 4 is 17.5 Å². The first-order valence-electron chi connectivity index (χ1n) is 7.74. The van der Waals surface area contributed by atoms with Crippen molar-refractivity contribution in [2.75, 3.05) is 38.7 Å². The Bertz CT molecular complexity index is 524. The summed E-state index contributed by atoms with van der Waals surface area (Å²) in [5, 5.41) is 8.80. The molecule has 0 fully saturated rings. The first kappa shape index (κ1) is 19.1. The average Bonchev–Trinajstić information content (AvgIpc) is 2.50. The van der Waals surface area contributed by atoms with Crippen molar-refractivity contribution in [2.24, 2.45) is 5.41 Å². The molecule has 1 rings (SSSR count). The van der Waals surface area contributed by atoms with Crippen molar-refractivity contribution in [3.8, 4) is 0 Å². The molecule has 6 nitrogen and oxygen atoms in total. The van der Waals surface area contributed by atoms with Gasteiger partial charge in [-0.15, -0.1) is 0 Å². The number of benzene rings is 1. The molecule has 3 N–H and O–H groups in total. The summed E-state index contributed by atoms with van der Waals surface area (Å²) < 4.78 is 4.93. The molecule has 2 amide bonds. The Morgan fingerprint density at radius 3 is 2.43 bits per heavy atom. The molecular formula is C17H27N3O3. The zero-order valence-corrected chi connectivity index (χ0v) is 14.4. The van der Waals surface area contributed by atoms with E-state index in [1.807, 2.05) is 20.8 Å². The smallest absolute Gasteiger partial charge is 0.253 e. The number of methoxy groups -OCH3 is 1. The van der Waals surface area contributed by atoms with Crippen molar-refractivity contribution in [3.05, 3.63) is 29.8 Å². The molecule has 0 spiro atoms. The van der Waals surface area contributed by atoms with Gasteiger partial charge in [-0.3, -0.25) is 9.59 Å². The van der Waals surface area contributed by atoms with Gasteiger partial charge in [0.2, 0.25) is 5.91 Å². The molecule has 0 aliphatic carbocycles. The van der Waals surface area contributed by atoms with Crippen LogP contribution in [0.1, 0.15) is 31.1 Å². The Labute approximate surface area is 138 Å². The zero-order valence-electron chi connectivity index (χ0n) is 14.4. The molecule has 23 heavy (non-hydrogen) atoms. The monoisotopic (exact) mass is 321 g/mol. The lowest BCUT2D eigenvalue weighted by Gasteiger charge is -2.19. The molecule has 0 radical (unpaired) electrons. The number of nitrogens with one attached hydrogen (secondary N) is 3. The molecule has 1 aromatic rings. The highest BCUT2D eigenvalue weighted by Crippen LogP contribution is 2.20. The highest BCUT2D eigenvalue weighted by molar-refractivity contribution is 6.04. The number of anilines is 1. The molecule has 0 aromatic heterocycles. The predicted octanol–water partition coefficient (Wildman–Crippen LogP) is 1.64. The molecule has 0 aliphatic heterocycles. The van der Waals surface area contributed by atoms with Gasteiger partial charge >= 0.3 is 0 Å². The van der Waals surface area contributed by atoms with E-state index in [9.17, 15) is 9.59 Å². The topological polar surface area (TPSA) is 79.5 Å². The van der Waals surface area contributed by atoms with E-state index >= 15 is 0 Å². The summed E-state index contributed by atoms with van der Waals surface area (Å²) in [6.07, 6.45) is 0. The third-order valence-electron chi connectivity index (χ3n) is 3.17. The number of amides is 2. The standard InChI is InChI=1S/C17H27N3O3/c1-17(2,3)16(22)20-14-8-6-5-7-13(14)15(21)19-10-9-18-11-12-23-4/h5-8,18H,9-12H2,1-4H3,(H,19,21)(H,20,22). The molecular weight excluding hydrogens is 294 g/mol. The fourth-order valence-corrected chi connectivity index (χ4v) is 1.76. The Balaban J connectivity index is 2.59. The molecule has 0 bridgehead atoms. The van der Waals surface area contributed by atoms with Crippen LogP contribution in [0.2, 0.25) is 0 Å². The van der Waals surface area contributed by atoms with Crippen LogP contribution in [-0.4, -0.2) is 45.2 Å². The molecule has 0 atom stereocenters. The second-order valence-electron chi connectivity index (χ2n) is 6.25. The van der Waals surface area contributed by atoms with Gasteiger partial charge in [-0.05, 0) is 12.1 Å². The molecule has 0 unspecified atom stereocenters. The molecule has 6 heteroatoms. The number of rotatable bonds is 8. The molecule has 128 valence electrons. The van der Waals surface area contributed by atoms with Crippen molar-refractivity contribution in [1.82, 2.24) is 10.6 Å². The lowest BCUT2D eigenvalue weighted by Crippen LogP contribution is -2.34. The third kappa shape index (κ3) is 6.80. The fourth-order valence-electron chi connectivity index (χ4n) is 1.76. The van der Waals surface area contributed by atoms with Gasteiger partial charge in [0.25, 0.3) is 5.91 Å². The summed E-state index contributed by atoms with van der Waals surface area (Å²) in [5.41, 5.74) is 0.466. The number of carbonyl (C=O) groups excluding carboxylic acids is 2. The maximum Gasteiger partial charge on any atom is 0.253 e. The molecule has 0 saturated heterocycles. The number of carbonyl (C=O) groups is 2. The highest BCUT2D eigenvalue weighted by Gasteiger charge is 2.22. The quantitative estimate of drug-likeness (QED) is 0.636. The fraction of sp³-hybridized carbons (Fsp3) is 0.529. The second-order valence-corrected chi connectivity index (χ2v) is 6.25. The number of para-hydroxylation sites is 1. The van der Waals surface area contributed by atoms with E-state index in [4.69, 9.17) is 4.74 Å². The number of hydrogen-bond donors (Lipinski definition) is 3. The Kier molecular flexibility index (Phi) is 7.71. The van der Waals surface area contributed by atoms with E-state index in [1.165, 1.54) is 0 Å². The van der Waals surface area contributed by atoms with E-state index < -0.39 is 5.41 Å². The van der Waals surface area contributed by atoms with Crippen LogP contribution in [-0.2, 0) is 9.53 Å². The SMILES string of the molecule is COCCNCCNC(=O)c1ccccc1NC(=O)C(C)(C)C. The molecule has 1 aromatic carbocycles. The first-order valence-corrected chi connectivity index (χ1v) is 7.74. The van der Waals surface area contributed by atoms with E-state index in [0.29, 0.717) is 30.9 Å². The molecule has 0 heterocycles. The van der Waals surface area contributed by atoms with Gasteiger partial charge in [0.15, 0.2) is 0 Å². The largest absolute Gasteiger partial charge is 0.383 e. The summed E-state index contributed by atoms with van der Waals surface area (Å²) in [6, 6.07) is 7.00. The van der Waals surface area contributed by atoms with Crippen LogP contribution >= 0.6 is 0 Å². The van der Waals surface area contributed by atoms with Gasteiger partial charge in [-0.25, -0.2) is 0 Å². The summed E-state index contributed by atoms with van der Waals surface area (Å²) in [7, 11) is 1.65. The lowest BCUT2D eigenvalue weighted by atomic mass is 9.95. The Morgan fingerprint density at radius 1 is 1.09 bits per heavy atom. The van der Waals surface area contributed by atoms with Crippen molar-refractivity contribution in [3.63, 3.8) is 0 Å². The maximum atomic E-state index is 12.3. The number of ether oxygens (including phenoxy) is 1. The average molecular weight is 321 g/mol. The number of hydrogen-bond acceptors (Lipinski definition) is 4. The highest BCUT2D eigenvalue weighted by atomic mass is 16.5. The van der Waals surface area contributed by atoms with E-state index in [1.54, 1.807) is 31.4 Å². The van der Waals surface area contributed by atoms with Crippen LogP contribution < -0.4 is 16.0 Å². The van der Waals surface area contributed by atoms with Gasteiger partial charge in [0.1, 0.15) is 0 Å². The van der Waals surface area contributed by atoms with Gasteiger partial charge in [-0.1, -0.05) is 32.9 Å². The molecule has 0 aliphatic rings. The minimum Gasteiger partial charge on any atom is -0.383 e. The summed E-state index contributed by atoms with van der Waals surface area (Å²) in [5.74, 6) is -0.331. The van der Waals surface area contributed by atoms with Crippen LogP contribution in [0.5, 0.6) is 0 Å². The normalized spacial score (nSPS) is 11.1. The summed E-state index contributed by atoms with van der Waals surface area (Å²) in [4.78, 5) is 24.4. The van der Waals surface area contributed by atoms with E-state index in [-0.39, 0.29) is 11.8 Å². The van der Waals surface area contributed by atoms with Crippen LogP contribution in [0, 0.1) is 5.41 Å². The Morgan fingerprint density at radius 2 is 1.78 bits per heavy atom. The summed E-state index contributed by atoms with van der Waals surface area (Å²) >= 11 is 0. The van der Waals surface area contributed by atoms with Crippen molar-refractivity contribution in [1.29, 1.82) is 0 Å². The van der Waals surface area contributed by atoms with E-state index in [0.717, 1.165) is 6.54 Å². The van der Waals surface area contributed by atoms with Gasteiger partial charge in [0.05, 0.1) is 17.9 Å². The van der Waals surface area contributed by atoms with Gasteiger partial charge in [0, 0.05) is 32.2 Å². The lowest BCUT2D eigenvalue weighted by molar-refractivity contribution is -0.123. The van der Waals surface area contributed by atoms with Crippen molar-refractivity contribution < 1.29 is 14.3 Å². The predicted molar refractivity (Wildman–Crippen MR) is 91.6 cm³/mol. The molecule has 0 saturated carbocycles. The van der Waals surface area contributed by atoms with Crippen LogP contribution in [0.15, 0.2) is 24.3 Å². The maximum absolute atomic E-state index is 12.3.